The van der Waals surface area contributed by atoms with Crippen molar-refractivity contribution in [3.8, 4) is 0 Å². The predicted molar refractivity (Wildman–Crippen MR) is 58.9 cm³/mol. The molecular formula is C12H17NO3. The van der Waals surface area contributed by atoms with Gasteiger partial charge in [-0.15, -0.1) is 0 Å². The van der Waals surface area contributed by atoms with Gasteiger partial charge in [0.1, 0.15) is 0 Å². The van der Waals surface area contributed by atoms with E-state index < -0.39 is 0 Å². The van der Waals surface area contributed by atoms with Crippen LogP contribution in [0.5, 0.6) is 0 Å². The van der Waals surface area contributed by atoms with E-state index >= 15 is 0 Å². The SMILES string of the molecule is CC1(C)CC(=O)C(=C2COCCN2)C(=O)C1. The molecule has 2 rings (SSSR count). The van der Waals surface area contributed by atoms with Gasteiger partial charge in [0.05, 0.1) is 24.5 Å². The monoisotopic (exact) mass is 223 g/mol. The smallest absolute Gasteiger partial charge is 0.168 e. The Hall–Kier alpha value is -1.16. The zero-order valence-corrected chi connectivity index (χ0v) is 9.76. The minimum Gasteiger partial charge on any atom is -0.383 e. The van der Waals surface area contributed by atoms with Crippen molar-refractivity contribution in [1.29, 1.82) is 0 Å². The molecule has 0 bridgehead atoms. The molecule has 0 atom stereocenters. The molecule has 1 aliphatic heterocycles. The number of ether oxygens (including phenoxy) is 1. The van der Waals surface area contributed by atoms with Crippen molar-refractivity contribution in [3.05, 3.63) is 11.3 Å². The van der Waals surface area contributed by atoms with Crippen LogP contribution in [0.1, 0.15) is 26.7 Å². The van der Waals surface area contributed by atoms with Crippen LogP contribution in [0, 0.1) is 5.41 Å². The van der Waals surface area contributed by atoms with Gasteiger partial charge in [0.25, 0.3) is 0 Å². The first-order chi connectivity index (χ1) is 7.49. The zero-order valence-electron chi connectivity index (χ0n) is 9.76. The van der Waals surface area contributed by atoms with Crippen LogP contribution < -0.4 is 5.32 Å². The first-order valence-electron chi connectivity index (χ1n) is 5.61. The van der Waals surface area contributed by atoms with Crippen LogP contribution >= 0.6 is 0 Å². The Morgan fingerprint density at radius 2 is 1.81 bits per heavy atom. The lowest BCUT2D eigenvalue weighted by Crippen LogP contribution is -2.38. The Kier molecular flexibility index (Phi) is 2.84. The van der Waals surface area contributed by atoms with Crippen LogP contribution in [0.25, 0.3) is 0 Å². The van der Waals surface area contributed by atoms with Gasteiger partial charge in [0.15, 0.2) is 11.6 Å². The summed E-state index contributed by atoms with van der Waals surface area (Å²) in [5.41, 5.74) is 0.823. The van der Waals surface area contributed by atoms with E-state index in [2.05, 4.69) is 5.32 Å². The highest BCUT2D eigenvalue weighted by Crippen LogP contribution is 2.34. The summed E-state index contributed by atoms with van der Waals surface area (Å²) in [7, 11) is 0. The van der Waals surface area contributed by atoms with Crippen molar-refractivity contribution >= 4 is 11.6 Å². The Labute approximate surface area is 95.0 Å². The van der Waals surface area contributed by atoms with Gasteiger partial charge >= 0.3 is 0 Å². The molecule has 1 saturated heterocycles. The van der Waals surface area contributed by atoms with Crippen LogP contribution in [-0.4, -0.2) is 31.3 Å². The first kappa shape index (κ1) is 11.3. The summed E-state index contributed by atoms with van der Waals surface area (Å²) in [6, 6.07) is 0. The van der Waals surface area contributed by atoms with Crippen LogP contribution in [0.15, 0.2) is 11.3 Å². The molecule has 2 fully saturated rings. The van der Waals surface area contributed by atoms with Crippen LogP contribution in [-0.2, 0) is 14.3 Å². The molecule has 1 aliphatic carbocycles. The van der Waals surface area contributed by atoms with E-state index in [1.807, 2.05) is 13.8 Å². The van der Waals surface area contributed by atoms with E-state index in [1.54, 1.807) is 0 Å². The number of hydrogen-bond acceptors (Lipinski definition) is 4. The Morgan fingerprint density at radius 1 is 1.19 bits per heavy atom. The van der Waals surface area contributed by atoms with Crippen molar-refractivity contribution in [2.45, 2.75) is 26.7 Å². The van der Waals surface area contributed by atoms with Crippen molar-refractivity contribution < 1.29 is 14.3 Å². The Bertz CT molecular complexity index is 338. The number of Topliss-reactive ketones (excluding diaryl/α,β-unsaturated/α-hetero) is 2. The van der Waals surface area contributed by atoms with E-state index in [0.29, 0.717) is 43.9 Å². The minimum atomic E-state index is -0.201. The molecule has 0 amide bonds. The summed E-state index contributed by atoms with van der Waals surface area (Å²) in [5.74, 6) is -0.0940. The second-order valence-corrected chi connectivity index (χ2v) is 5.20. The van der Waals surface area contributed by atoms with E-state index in [0.717, 1.165) is 0 Å². The van der Waals surface area contributed by atoms with Gasteiger partial charge in [0, 0.05) is 19.4 Å². The second-order valence-electron chi connectivity index (χ2n) is 5.20. The zero-order chi connectivity index (χ0) is 11.8. The average Bonchev–Trinajstić information content (AvgIpc) is 2.16. The van der Waals surface area contributed by atoms with Gasteiger partial charge in [-0.2, -0.15) is 0 Å². The van der Waals surface area contributed by atoms with Crippen molar-refractivity contribution in [2.24, 2.45) is 5.41 Å². The molecule has 88 valence electrons. The van der Waals surface area contributed by atoms with Gasteiger partial charge in [-0.1, -0.05) is 13.8 Å². The van der Waals surface area contributed by atoms with E-state index in [4.69, 9.17) is 4.74 Å². The lowest BCUT2D eigenvalue weighted by Gasteiger charge is -2.30. The molecule has 4 nitrogen and oxygen atoms in total. The third kappa shape index (κ3) is 2.16. The number of allylic oxidation sites excluding steroid dienone is 1. The van der Waals surface area contributed by atoms with E-state index in [1.165, 1.54) is 0 Å². The van der Waals surface area contributed by atoms with E-state index in [-0.39, 0.29) is 17.0 Å². The molecule has 1 heterocycles. The molecule has 0 aromatic carbocycles. The third-order valence-electron chi connectivity index (χ3n) is 2.97. The lowest BCUT2D eigenvalue weighted by molar-refractivity contribution is -0.127. The molecule has 0 aromatic rings. The van der Waals surface area contributed by atoms with Crippen LogP contribution in [0.4, 0.5) is 0 Å². The number of hydrogen-bond donors (Lipinski definition) is 1. The van der Waals surface area contributed by atoms with Gasteiger partial charge in [-0.05, 0) is 5.41 Å². The first-order valence-corrected chi connectivity index (χ1v) is 5.61. The fourth-order valence-corrected chi connectivity index (χ4v) is 2.26. The number of nitrogens with one attached hydrogen (secondary N) is 1. The molecule has 16 heavy (non-hydrogen) atoms. The molecule has 0 unspecified atom stereocenters. The summed E-state index contributed by atoms with van der Waals surface area (Å²) >= 11 is 0. The van der Waals surface area contributed by atoms with Crippen LogP contribution in [0.3, 0.4) is 0 Å². The van der Waals surface area contributed by atoms with Gasteiger partial charge in [0.2, 0.25) is 0 Å². The maximum atomic E-state index is 11.9. The highest BCUT2D eigenvalue weighted by atomic mass is 16.5. The predicted octanol–water partition coefficient (Wildman–Crippen LogP) is 0.818. The molecule has 1 saturated carbocycles. The normalized spacial score (nSPS) is 25.6. The Balaban J connectivity index is 2.28. The maximum absolute atomic E-state index is 11.9. The average molecular weight is 223 g/mol. The van der Waals surface area contributed by atoms with Gasteiger partial charge in [-0.3, -0.25) is 9.59 Å². The van der Waals surface area contributed by atoms with Crippen LogP contribution in [0.2, 0.25) is 0 Å². The Morgan fingerprint density at radius 3 is 2.31 bits per heavy atom. The molecule has 0 spiro atoms. The number of rotatable bonds is 0. The molecule has 1 N–H and O–H groups in total. The molecule has 2 aliphatic rings. The summed E-state index contributed by atoms with van der Waals surface area (Å²) in [6.45, 7) is 5.56. The largest absolute Gasteiger partial charge is 0.383 e. The standard InChI is InChI=1S/C12H17NO3/c1-12(2)5-9(14)11(10(15)6-12)8-7-16-4-3-13-8/h13H,3-7H2,1-2H3. The van der Waals surface area contributed by atoms with Gasteiger partial charge < -0.3 is 10.1 Å². The minimum absolute atomic E-state index is 0.0470. The van der Waals surface area contributed by atoms with E-state index in [9.17, 15) is 9.59 Å². The third-order valence-corrected chi connectivity index (χ3v) is 2.97. The molecule has 4 heteroatoms. The number of carbonyl (C=O) groups is 2. The fraction of sp³-hybridized carbons (Fsp3) is 0.667. The maximum Gasteiger partial charge on any atom is 0.168 e. The van der Waals surface area contributed by atoms with Crippen molar-refractivity contribution in [3.63, 3.8) is 0 Å². The summed E-state index contributed by atoms with van der Waals surface area (Å²) < 4.78 is 5.26. The summed E-state index contributed by atoms with van der Waals surface area (Å²) in [5, 5.41) is 3.09. The number of morpholine rings is 1. The lowest BCUT2D eigenvalue weighted by atomic mass is 9.73. The summed E-state index contributed by atoms with van der Waals surface area (Å²) in [6.07, 6.45) is 0.887. The quantitative estimate of drug-likeness (QED) is 0.488. The summed E-state index contributed by atoms with van der Waals surface area (Å²) in [4.78, 5) is 23.9. The van der Waals surface area contributed by atoms with Crippen molar-refractivity contribution in [1.82, 2.24) is 5.32 Å². The van der Waals surface area contributed by atoms with Crippen molar-refractivity contribution in [2.75, 3.05) is 19.8 Å². The number of carbonyl (C=O) groups excluding carboxylic acids is 2. The molecule has 0 radical (unpaired) electrons. The molecular weight excluding hydrogens is 206 g/mol. The number of ketones is 2. The second kappa shape index (κ2) is 4.01. The topological polar surface area (TPSA) is 55.4 Å². The molecule has 0 aromatic heterocycles. The van der Waals surface area contributed by atoms with Gasteiger partial charge in [-0.25, -0.2) is 0 Å². The highest BCUT2D eigenvalue weighted by Gasteiger charge is 2.37. The highest BCUT2D eigenvalue weighted by molar-refractivity contribution is 6.22. The fourth-order valence-electron chi connectivity index (χ4n) is 2.26.